The highest BCUT2D eigenvalue weighted by Gasteiger charge is 2.25. The average Bonchev–Trinajstić information content (AvgIpc) is 2.66. The smallest absolute Gasteiger partial charge is 0.321 e. The van der Waals surface area contributed by atoms with Gasteiger partial charge in [-0.3, -0.25) is 14.9 Å². The summed E-state index contributed by atoms with van der Waals surface area (Å²) in [5.74, 6) is 0.0537. The predicted octanol–water partition coefficient (Wildman–Crippen LogP) is 2.47. The molecule has 0 aliphatic carbocycles. The monoisotopic (exact) mass is 356 g/mol. The molecular formula is C19H20N2O5. The van der Waals surface area contributed by atoms with Crippen LogP contribution < -0.4 is 20.1 Å². The summed E-state index contributed by atoms with van der Waals surface area (Å²) in [7, 11) is 1.48. The Morgan fingerprint density at radius 2 is 1.88 bits per heavy atom. The normalized spacial score (nSPS) is 11.2. The molecule has 136 valence electrons. The number of imide groups is 1. The van der Waals surface area contributed by atoms with Crippen molar-refractivity contribution in [3.63, 3.8) is 0 Å². The highest BCUT2D eigenvalue weighted by molar-refractivity contribution is 5.97. The Labute approximate surface area is 151 Å². The van der Waals surface area contributed by atoms with Crippen LogP contribution in [-0.2, 0) is 4.79 Å². The van der Waals surface area contributed by atoms with Gasteiger partial charge in [0, 0.05) is 12.1 Å². The molecule has 2 N–H and O–H groups in total. The zero-order valence-electron chi connectivity index (χ0n) is 14.5. The summed E-state index contributed by atoms with van der Waals surface area (Å²) in [5.41, 5.74) is 0.776. The van der Waals surface area contributed by atoms with E-state index in [9.17, 15) is 14.4 Å². The number of urea groups is 1. The number of aldehydes is 1. The minimum Gasteiger partial charge on any atom is -0.497 e. The van der Waals surface area contributed by atoms with Gasteiger partial charge in [0.25, 0.3) is 5.91 Å². The molecule has 0 fully saturated rings. The fraction of sp³-hybridized carbons (Fsp3) is 0.211. The Balaban J connectivity index is 2.32. The lowest BCUT2D eigenvalue weighted by Gasteiger charge is -2.20. The molecule has 26 heavy (non-hydrogen) atoms. The summed E-state index contributed by atoms with van der Waals surface area (Å²) in [6.07, 6.45) is -0.493. The summed E-state index contributed by atoms with van der Waals surface area (Å²) in [6, 6.07) is 12.7. The summed E-state index contributed by atoms with van der Waals surface area (Å²) in [6.45, 7) is 2.12. The lowest BCUT2D eigenvalue weighted by Crippen LogP contribution is -2.42. The van der Waals surface area contributed by atoms with Gasteiger partial charge in [-0.2, -0.15) is 0 Å². The third-order valence-corrected chi connectivity index (χ3v) is 3.50. The summed E-state index contributed by atoms with van der Waals surface area (Å²) < 4.78 is 10.9. The van der Waals surface area contributed by atoms with Gasteiger partial charge in [0.05, 0.1) is 12.7 Å². The van der Waals surface area contributed by atoms with E-state index >= 15 is 0 Å². The lowest BCUT2D eigenvalue weighted by atomic mass is 10.1. The van der Waals surface area contributed by atoms with E-state index < -0.39 is 18.0 Å². The van der Waals surface area contributed by atoms with Crippen LogP contribution in [0.3, 0.4) is 0 Å². The molecule has 0 saturated heterocycles. The van der Waals surface area contributed by atoms with Gasteiger partial charge in [-0.05, 0) is 25.1 Å². The average molecular weight is 356 g/mol. The Kier molecular flexibility index (Phi) is 6.73. The first kappa shape index (κ1) is 19.0. The largest absolute Gasteiger partial charge is 0.497 e. The first-order valence-electron chi connectivity index (χ1n) is 8.02. The van der Waals surface area contributed by atoms with Gasteiger partial charge in [-0.15, -0.1) is 0 Å². The number of carbonyl (C=O) groups excluding carboxylic acids is 3. The van der Waals surface area contributed by atoms with Crippen LogP contribution in [0.1, 0.15) is 28.9 Å². The molecule has 7 nitrogen and oxygen atoms in total. The number of rotatable bonds is 7. The number of hydrogen-bond donors (Lipinski definition) is 2. The van der Waals surface area contributed by atoms with Crippen LogP contribution in [0.25, 0.3) is 0 Å². The van der Waals surface area contributed by atoms with E-state index in [2.05, 4.69) is 10.6 Å². The Morgan fingerprint density at radius 3 is 2.50 bits per heavy atom. The molecule has 0 spiro atoms. The second-order valence-electron chi connectivity index (χ2n) is 5.28. The van der Waals surface area contributed by atoms with Crippen LogP contribution in [-0.4, -0.2) is 31.9 Å². The van der Waals surface area contributed by atoms with Crippen LogP contribution in [0, 0.1) is 0 Å². The van der Waals surface area contributed by atoms with E-state index in [0.29, 0.717) is 24.1 Å². The van der Waals surface area contributed by atoms with Crippen molar-refractivity contribution in [2.24, 2.45) is 0 Å². The van der Waals surface area contributed by atoms with E-state index in [0.717, 1.165) is 0 Å². The van der Waals surface area contributed by atoms with E-state index in [-0.39, 0.29) is 11.3 Å². The van der Waals surface area contributed by atoms with Gasteiger partial charge in [-0.25, -0.2) is 4.79 Å². The SMILES string of the molecule is CCNC(=O)NC(=O)[C@H](Oc1ccc(OC)cc1C=O)c1ccccc1. The minimum absolute atomic E-state index is 0.209. The molecule has 2 aromatic carbocycles. The number of carbonyl (C=O) groups is 3. The minimum atomic E-state index is -1.11. The zero-order chi connectivity index (χ0) is 18.9. The molecule has 2 rings (SSSR count). The number of hydrogen-bond acceptors (Lipinski definition) is 5. The van der Waals surface area contributed by atoms with Crippen molar-refractivity contribution in [1.82, 2.24) is 10.6 Å². The Hall–Kier alpha value is -3.35. The number of nitrogens with one attached hydrogen (secondary N) is 2. The van der Waals surface area contributed by atoms with E-state index in [1.807, 2.05) is 0 Å². The van der Waals surface area contributed by atoms with Crippen LogP contribution in [0.15, 0.2) is 48.5 Å². The fourth-order valence-corrected chi connectivity index (χ4v) is 2.26. The Morgan fingerprint density at radius 1 is 1.15 bits per heavy atom. The maximum absolute atomic E-state index is 12.5. The molecule has 3 amide bonds. The third kappa shape index (κ3) is 4.83. The summed E-state index contributed by atoms with van der Waals surface area (Å²) >= 11 is 0. The van der Waals surface area contributed by atoms with Gasteiger partial charge in [0.1, 0.15) is 11.5 Å². The number of ether oxygens (including phenoxy) is 2. The van der Waals surface area contributed by atoms with Crippen molar-refractivity contribution < 1.29 is 23.9 Å². The van der Waals surface area contributed by atoms with Crippen molar-refractivity contribution in [2.75, 3.05) is 13.7 Å². The molecule has 7 heteroatoms. The maximum atomic E-state index is 12.5. The standard InChI is InChI=1S/C19H20N2O5/c1-3-20-19(24)21-18(23)17(13-7-5-4-6-8-13)26-16-10-9-15(25-2)11-14(16)12-22/h4-12,17H,3H2,1-2H3,(H2,20,21,23,24)/t17-/m1/s1. The molecule has 0 aliphatic rings. The molecule has 0 heterocycles. The predicted molar refractivity (Wildman–Crippen MR) is 95.4 cm³/mol. The number of benzene rings is 2. The second-order valence-corrected chi connectivity index (χ2v) is 5.28. The van der Waals surface area contributed by atoms with Gasteiger partial charge < -0.3 is 14.8 Å². The molecule has 0 aliphatic heterocycles. The quantitative estimate of drug-likeness (QED) is 0.744. The van der Waals surface area contributed by atoms with E-state index in [1.165, 1.54) is 19.2 Å². The maximum Gasteiger partial charge on any atom is 0.321 e. The molecule has 0 bridgehead atoms. The van der Waals surface area contributed by atoms with Crippen molar-refractivity contribution in [3.8, 4) is 11.5 Å². The first-order chi connectivity index (χ1) is 12.6. The molecule has 0 aromatic heterocycles. The first-order valence-corrected chi connectivity index (χ1v) is 8.02. The fourth-order valence-electron chi connectivity index (χ4n) is 2.26. The van der Waals surface area contributed by atoms with Crippen molar-refractivity contribution >= 4 is 18.2 Å². The van der Waals surface area contributed by atoms with E-state index in [4.69, 9.17) is 9.47 Å². The van der Waals surface area contributed by atoms with Gasteiger partial charge in [0.15, 0.2) is 6.29 Å². The molecule has 0 saturated carbocycles. The summed E-state index contributed by atoms with van der Waals surface area (Å²) in [4.78, 5) is 35.6. The number of amides is 3. The second kappa shape index (κ2) is 9.22. The van der Waals surface area contributed by atoms with Crippen molar-refractivity contribution in [1.29, 1.82) is 0 Å². The topological polar surface area (TPSA) is 93.7 Å². The van der Waals surface area contributed by atoms with Crippen LogP contribution in [0.4, 0.5) is 4.79 Å². The lowest BCUT2D eigenvalue weighted by molar-refractivity contribution is -0.127. The van der Waals surface area contributed by atoms with Gasteiger partial charge in [0.2, 0.25) is 6.10 Å². The van der Waals surface area contributed by atoms with Gasteiger partial charge in [-0.1, -0.05) is 30.3 Å². The van der Waals surface area contributed by atoms with Gasteiger partial charge >= 0.3 is 6.03 Å². The molecule has 2 aromatic rings. The molecule has 0 radical (unpaired) electrons. The van der Waals surface area contributed by atoms with Crippen LogP contribution >= 0.6 is 0 Å². The highest BCUT2D eigenvalue weighted by Crippen LogP contribution is 2.28. The van der Waals surface area contributed by atoms with Crippen LogP contribution in [0.5, 0.6) is 11.5 Å². The van der Waals surface area contributed by atoms with Crippen molar-refractivity contribution in [2.45, 2.75) is 13.0 Å². The zero-order valence-corrected chi connectivity index (χ0v) is 14.5. The number of methoxy groups -OCH3 is 1. The molecular weight excluding hydrogens is 336 g/mol. The molecule has 1 atom stereocenters. The van der Waals surface area contributed by atoms with Crippen molar-refractivity contribution in [3.05, 3.63) is 59.7 Å². The van der Waals surface area contributed by atoms with Crippen LogP contribution in [0.2, 0.25) is 0 Å². The molecule has 0 unspecified atom stereocenters. The van der Waals surface area contributed by atoms with E-state index in [1.54, 1.807) is 43.3 Å². The highest BCUT2D eigenvalue weighted by atomic mass is 16.5. The Bertz CT molecular complexity index is 777. The summed E-state index contributed by atoms with van der Waals surface area (Å²) in [5, 5.41) is 4.72. The third-order valence-electron chi connectivity index (χ3n) is 3.50.